The number of benzene rings is 4. The van der Waals surface area contributed by atoms with Gasteiger partial charge in [-0.2, -0.15) is 0 Å². The van der Waals surface area contributed by atoms with Gasteiger partial charge in [-0.05, 0) is 73.4 Å². The molecule has 3 aromatic heterocycles. The van der Waals surface area contributed by atoms with Gasteiger partial charge in [-0.25, -0.2) is 0 Å². The number of aromatic nitrogens is 2. The summed E-state index contributed by atoms with van der Waals surface area (Å²) in [7, 11) is 0. The minimum Gasteiger partial charge on any atom is -0.308 e. The van der Waals surface area contributed by atoms with E-state index in [1.54, 1.807) is 0 Å². The number of hydrogen-bond donors (Lipinski definition) is 0. The van der Waals surface area contributed by atoms with Crippen molar-refractivity contribution in [1.29, 1.82) is 0 Å². The van der Waals surface area contributed by atoms with Crippen LogP contribution in [-0.2, 0) is 0 Å². The van der Waals surface area contributed by atoms with Gasteiger partial charge in [0.1, 0.15) is 0 Å². The van der Waals surface area contributed by atoms with E-state index in [0.29, 0.717) is 0 Å². The van der Waals surface area contributed by atoms with Crippen LogP contribution in [0.15, 0.2) is 91.1 Å². The van der Waals surface area contributed by atoms with E-state index in [-0.39, 0.29) is 0 Å². The van der Waals surface area contributed by atoms with Gasteiger partial charge in [-0.1, -0.05) is 60.2 Å². The summed E-state index contributed by atoms with van der Waals surface area (Å²) in [5.74, 6) is 0. The number of rotatable bonds is 2. The molecule has 0 atom stereocenters. The normalized spacial score (nSPS) is 12.0. The lowest BCUT2D eigenvalue weighted by Crippen LogP contribution is -1.92. The first kappa shape index (κ1) is 19.3. The van der Waals surface area contributed by atoms with Crippen LogP contribution < -0.4 is 0 Å². The van der Waals surface area contributed by atoms with Gasteiger partial charge < -0.3 is 4.40 Å². The lowest BCUT2D eigenvalue weighted by Gasteiger charge is -2.13. The Labute approximate surface area is 198 Å². The van der Waals surface area contributed by atoms with E-state index in [1.807, 2.05) is 6.20 Å². The monoisotopic (exact) mass is 436 g/mol. The van der Waals surface area contributed by atoms with Crippen LogP contribution in [0.5, 0.6) is 0 Å². The molecular formula is C32H24N2. The minimum atomic E-state index is 1.01. The van der Waals surface area contributed by atoms with Crippen LogP contribution in [0.1, 0.15) is 16.7 Å². The molecule has 0 N–H and O–H groups in total. The molecule has 0 fully saturated rings. The predicted molar refractivity (Wildman–Crippen MR) is 144 cm³/mol. The Kier molecular flexibility index (Phi) is 3.93. The first-order valence-corrected chi connectivity index (χ1v) is 11.8. The molecule has 34 heavy (non-hydrogen) atoms. The van der Waals surface area contributed by atoms with Crippen LogP contribution in [0, 0.1) is 20.8 Å². The second-order valence-electron chi connectivity index (χ2n) is 9.49. The maximum absolute atomic E-state index is 4.77. The van der Waals surface area contributed by atoms with Crippen molar-refractivity contribution in [3.8, 4) is 22.4 Å². The van der Waals surface area contributed by atoms with Crippen LogP contribution in [0.3, 0.4) is 0 Å². The third kappa shape index (κ3) is 2.60. The van der Waals surface area contributed by atoms with E-state index in [0.717, 1.165) is 11.3 Å². The Morgan fingerprint density at radius 3 is 2.12 bits per heavy atom. The molecule has 0 aliphatic carbocycles. The summed E-state index contributed by atoms with van der Waals surface area (Å²) >= 11 is 0. The molecule has 2 nitrogen and oxygen atoms in total. The van der Waals surface area contributed by atoms with Crippen LogP contribution in [0.2, 0.25) is 0 Å². The van der Waals surface area contributed by atoms with Crippen LogP contribution in [0.4, 0.5) is 0 Å². The van der Waals surface area contributed by atoms with E-state index in [9.17, 15) is 0 Å². The highest BCUT2D eigenvalue weighted by Gasteiger charge is 2.17. The molecule has 0 unspecified atom stereocenters. The molecule has 4 aromatic carbocycles. The molecule has 2 heteroatoms. The second kappa shape index (κ2) is 6.91. The molecule has 0 aliphatic heterocycles. The standard InChI is InChI=1S/C32H24N2/c1-19-15-20(2)31(21(3)16-19)23-13-14-33-28(18-23)22-11-12-30-27(17-22)26-9-6-8-25-24-7-4-5-10-29(24)34(30)32(25)26/h4-18H,1-3H3. The summed E-state index contributed by atoms with van der Waals surface area (Å²) in [6, 6.07) is 31.0. The van der Waals surface area contributed by atoms with Gasteiger partial charge in [0.05, 0.1) is 22.2 Å². The molecule has 7 rings (SSSR count). The van der Waals surface area contributed by atoms with Crippen molar-refractivity contribution >= 4 is 38.1 Å². The van der Waals surface area contributed by atoms with Crippen molar-refractivity contribution in [3.05, 3.63) is 108 Å². The molecule has 0 saturated heterocycles. The average molecular weight is 437 g/mol. The molecule has 0 amide bonds. The number of para-hydroxylation sites is 2. The van der Waals surface area contributed by atoms with Crippen molar-refractivity contribution in [1.82, 2.24) is 9.38 Å². The van der Waals surface area contributed by atoms with Crippen molar-refractivity contribution in [2.75, 3.05) is 0 Å². The Balaban J connectivity index is 1.46. The summed E-state index contributed by atoms with van der Waals surface area (Å²) in [5, 5.41) is 5.20. The minimum absolute atomic E-state index is 1.01. The SMILES string of the molecule is Cc1cc(C)c(-c2ccnc(-c3ccc4c(c3)c3cccc5c6ccccc6n4c53)c2)c(C)c1. The number of pyridine rings is 1. The van der Waals surface area contributed by atoms with E-state index >= 15 is 0 Å². The highest BCUT2D eigenvalue weighted by Crippen LogP contribution is 2.40. The van der Waals surface area contributed by atoms with E-state index in [1.165, 1.54) is 65.9 Å². The van der Waals surface area contributed by atoms with E-state index in [2.05, 4.69) is 110 Å². The summed E-state index contributed by atoms with van der Waals surface area (Å²) in [6.07, 6.45) is 1.94. The fourth-order valence-corrected chi connectivity index (χ4v) is 5.97. The van der Waals surface area contributed by atoms with Gasteiger partial charge in [0.15, 0.2) is 0 Å². The third-order valence-corrected chi connectivity index (χ3v) is 7.24. The molecule has 0 spiro atoms. The van der Waals surface area contributed by atoms with Crippen LogP contribution >= 0.6 is 0 Å². The summed E-state index contributed by atoms with van der Waals surface area (Å²) in [4.78, 5) is 4.77. The van der Waals surface area contributed by atoms with Gasteiger partial charge in [0, 0.05) is 33.3 Å². The van der Waals surface area contributed by atoms with Crippen molar-refractivity contribution in [3.63, 3.8) is 0 Å². The molecule has 0 saturated carbocycles. The van der Waals surface area contributed by atoms with Crippen LogP contribution in [-0.4, -0.2) is 9.38 Å². The predicted octanol–water partition coefficient (Wildman–Crippen LogP) is 8.49. The van der Waals surface area contributed by atoms with Crippen molar-refractivity contribution in [2.45, 2.75) is 20.8 Å². The summed E-state index contributed by atoms with van der Waals surface area (Å²) in [6.45, 7) is 6.56. The quantitative estimate of drug-likeness (QED) is 0.265. The molecule has 7 aromatic rings. The molecule has 162 valence electrons. The molecule has 3 heterocycles. The lowest BCUT2D eigenvalue weighted by molar-refractivity contribution is 1.29. The Bertz CT molecular complexity index is 1860. The largest absolute Gasteiger partial charge is 0.308 e. The zero-order valence-electron chi connectivity index (χ0n) is 19.6. The molecule has 0 radical (unpaired) electrons. The number of nitrogens with zero attached hydrogens (tertiary/aromatic N) is 2. The molecular weight excluding hydrogens is 412 g/mol. The van der Waals surface area contributed by atoms with Crippen LogP contribution in [0.25, 0.3) is 60.5 Å². The maximum Gasteiger partial charge on any atom is 0.0708 e. The maximum atomic E-state index is 4.77. The van der Waals surface area contributed by atoms with Gasteiger partial charge >= 0.3 is 0 Å². The fraction of sp³-hybridized carbons (Fsp3) is 0.0938. The lowest BCUT2D eigenvalue weighted by atomic mass is 9.93. The smallest absolute Gasteiger partial charge is 0.0708 e. The van der Waals surface area contributed by atoms with E-state index in [4.69, 9.17) is 4.98 Å². The summed E-state index contributed by atoms with van der Waals surface area (Å²) < 4.78 is 2.42. The molecule has 0 bridgehead atoms. The Morgan fingerprint density at radius 2 is 1.29 bits per heavy atom. The van der Waals surface area contributed by atoms with Crippen molar-refractivity contribution in [2.24, 2.45) is 0 Å². The average Bonchev–Trinajstić information content (AvgIpc) is 3.35. The van der Waals surface area contributed by atoms with Gasteiger partial charge in [0.25, 0.3) is 0 Å². The zero-order chi connectivity index (χ0) is 23.0. The van der Waals surface area contributed by atoms with E-state index < -0.39 is 0 Å². The highest BCUT2D eigenvalue weighted by molar-refractivity contribution is 6.23. The first-order valence-electron chi connectivity index (χ1n) is 11.8. The topological polar surface area (TPSA) is 17.3 Å². The Morgan fingerprint density at radius 1 is 0.588 bits per heavy atom. The fourth-order valence-electron chi connectivity index (χ4n) is 5.97. The first-order chi connectivity index (χ1) is 16.6. The summed E-state index contributed by atoms with van der Waals surface area (Å²) in [5.41, 5.74) is 12.4. The molecule has 0 aliphatic rings. The number of aryl methyl sites for hydroxylation is 3. The van der Waals surface area contributed by atoms with Gasteiger partial charge in [-0.3, -0.25) is 4.98 Å². The van der Waals surface area contributed by atoms with Crippen molar-refractivity contribution < 1.29 is 0 Å². The third-order valence-electron chi connectivity index (χ3n) is 7.24. The highest BCUT2D eigenvalue weighted by atomic mass is 14.9. The van der Waals surface area contributed by atoms with Gasteiger partial charge in [0.2, 0.25) is 0 Å². The number of hydrogen-bond acceptors (Lipinski definition) is 1. The Hall–Kier alpha value is -4.17. The van der Waals surface area contributed by atoms with Gasteiger partial charge in [-0.15, -0.1) is 0 Å². The zero-order valence-corrected chi connectivity index (χ0v) is 19.6. The second-order valence-corrected chi connectivity index (χ2v) is 9.49. The number of fused-ring (bicyclic) bond motifs is 6.